The van der Waals surface area contributed by atoms with E-state index in [2.05, 4.69) is 10.4 Å². The minimum atomic E-state index is -0.754. The highest BCUT2D eigenvalue weighted by Gasteiger charge is 2.20. The van der Waals surface area contributed by atoms with Gasteiger partial charge in [-0.3, -0.25) is 0 Å². The van der Waals surface area contributed by atoms with Crippen molar-refractivity contribution in [3.8, 4) is 5.69 Å². The van der Waals surface area contributed by atoms with Crippen LogP contribution in [-0.4, -0.2) is 52.6 Å². The van der Waals surface area contributed by atoms with Crippen molar-refractivity contribution in [2.24, 2.45) is 0 Å². The van der Waals surface area contributed by atoms with E-state index in [0.29, 0.717) is 24.7 Å². The van der Waals surface area contributed by atoms with Crippen molar-refractivity contribution in [1.29, 1.82) is 0 Å². The highest BCUT2D eigenvalue weighted by molar-refractivity contribution is 6.30. The molecule has 0 aliphatic heterocycles. The summed E-state index contributed by atoms with van der Waals surface area (Å²) < 4.78 is 1.81. The van der Waals surface area contributed by atoms with E-state index in [9.17, 15) is 5.11 Å². The Hall–Kier alpha value is -1.40. The van der Waals surface area contributed by atoms with E-state index in [1.165, 1.54) is 0 Å². The minimum Gasteiger partial charge on any atom is -0.388 e. The molecule has 0 amide bonds. The van der Waals surface area contributed by atoms with Gasteiger partial charge in [0.15, 0.2) is 0 Å². The molecule has 0 aliphatic rings. The number of halogens is 1. The van der Waals surface area contributed by atoms with Gasteiger partial charge in [-0.15, -0.1) is 0 Å². The summed E-state index contributed by atoms with van der Waals surface area (Å²) in [7, 11) is 3.90. The summed E-state index contributed by atoms with van der Waals surface area (Å²) in [5.41, 5.74) is 1.28. The van der Waals surface area contributed by atoms with Crippen LogP contribution in [0.15, 0.2) is 36.7 Å². The van der Waals surface area contributed by atoms with E-state index in [1.54, 1.807) is 0 Å². The lowest BCUT2D eigenvalue weighted by atomic mass is 10.1. The molecule has 0 fully saturated rings. The molecule has 0 saturated carbocycles. The summed E-state index contributed by atoms with van der Waals surface area (Å²) in [4.78, 5) is 1.97. The third-order valence-corrected chi connectivity index (χ3v) is 3.47. The van der Waals surface area contributed by atoms with Crippen molar-refractivity contribution in [2.75, 3.05) is 27.2 Å². The first-order valence-corrected chi connectivity index (χ1v) is 7.61. The Morgan fingerprint density at radius 1 is 1.32 bits per heavy atom. The smallest absolute Gasteiger partial charge is 0.0869 e. The molecule has 2 N–H and O–H groups in total. The van der Waals surface area contributed by atoms with E-state index in [4.69, 9.17) is 11.6 Å². The first-order valence-electron chi connectivity index (χ1n) is 7.23. The summed E-state index contributed by atoms with van der Waals surface area (Å²) in [5, 5.41) is 18.6. The van der Waals surface area contributed by atoms with Crippen LogP contribution in [0.2, 0.25) is 5.02 Å². The molecule has 1 heterocycles. The normalized spacial score (nSPS) is 14.3. The van der Waals surface area contributed by atoms with Crippen molar-refractivity contribution in [3.63, 3.8) is 0 Å². The Bertz CT molecular complexity index is 592. The predicted molar refractivity (Wildman–Crippen MR) is 89.5 cm³/mol. The Balaban J connectivity index is 1.89. The molecule has 0 bridgehead atoms. The molecule has 1 unspecified atom stereocenters. The van der Waals surface area contributed by atoms with Gasteiger partial charge < -0.3 is 15.3 Å². The van der Waals surface area contributed by atoms with Gasteiger partial charge in [-0.25, -0.2) is 4.68 Å². The highest BCUT2D eigenvalue weighted by atomic mass is 35.5. The molecule has 5 nitrogen and oxygen atoms in total. The summed E-state index contributed by atoms with van der Waals surface area (Å²) >= 11 is 5.88. The average Bonchev–Trinajstić information content (AvgIpc) is 2.86. The van der Waals surface area contributed by atoms with Crippen LogP contribution in [0, 0.1) is 0 Å². The lowest BCUT2D eigenvalue weighted by Crippen LogP contribution is -2.45. The topological polar surface area (TPSA) is 53.3 Å². The fourth-order valence-electron chi connectivity index (χ4n) is 2.40. The third-order valence-electron chi connectivity index (χ3n) is 3.22. The van der Waals surface area contributed by atoms with Gasteiger partial charge in [0.1, 0.15) is 0 Å². The quantitative estimate of drug-likeness (QED) is 0.818. The number of rotatable bonds is 7. The first-order chi connectivity index (χ1) is 10.4. The molecule has 0 aliphatic carbocycles. The minimum absolute atomic E-state index is 0.525. The second-order valence-corrected chi connectivity index (χ2v) is 6.54. The standard InChI is InChI=1S/C16H23ClN4O/c1-16(22,12-20(2)3)11-18-8-13-9-19-21(10-13)15-6-4-14(17)5-7-15/h4-7,9-10,18,22H,8,11-12H2,1-3H3. The molecule has 0 spiro atoms. The Morgan fingerprint density at radius 3 is 2.64 bits per heavy atom. The summed E-state index contributed by atoms with van der Waals surface area (Å²) in [5.74, 6) is 0. The van der Waals surface area contributed by atoms with Crippen molar-refractivity contribution in [1.82, 2.24) is 20.0 Å². The van der Waals surface area contributed by atoms with Crippen molar-refractivity contribution >= 4 is 11.6 Å². The molecule has 1 atom stereocenters. The van der Waals surface area contributed by atoms with Gasteiger partial charge in [-0.2, -0.15) is 5.10 Å². The molecular weight excluding hydrogens is 300 g/mol. The van der Waals surface area contributed by atoms with E-state index in [1.807, 2.05) is 67.3 Å². The number of nitrogens with one attached hydrogen (secondary N) is 1. The van der Waals surface area contributed by atoms with Crippen molar-refractivity contribution < 1.29 is 5.11 Å². The maximum atomic E-state index is 10.2. The third kappa shape index (κ3) is 5.10. The molecule has 1 aromatic heterocycles. The lowest BCUT2D eigenvalue weighted by Gasteiger charge is -2.27. The second-order valence-electron chi connectivity index (χ2n) is 6.11. The van der Waals surface area contributed by atoms with Crippen LogP contribution < -0.4 is 5.32 Å². The summed E-state index contributed by atoms with van der Waals surface area (Å²) in [6.07, 6.45) is 3.79. The molecule has 2 aromatic rings. The molecule has 2 rings (SSSR count). The average molecular weight is 323 g/mol. The molecule has 22 heavy (non-hydrogen) atoms. The largest absolute Gasteiger partial charge is 0.388 e. The molecule has 6 heteroatoms. The zero-order chi connectivity index (χ0) is 16.2. The van der Waals surface area contributed by atoms with E-state index >= 15 is 0 Å². The van der Waals surface area contributed by atoms with E-state index in [0.717, 1.165) is 11.3 Å². The van der Waals surface area contributed by atoms with Gasteiger partial charge in [0.2, 0.25) is 0 Å². The zero-order valence-electron chi connectivity index (χ0n) is 13.3. The van der Waals surface area contributed by atoms with Crippen LogP contribution >= 0.6 is 11.6 Å². The van der Waals surface area contributed by atoms with E-state index < -0.39 is 5.60 Å². The number of aromatic nitrogens is 2. The summed E-state index contributed by atoms with van der Waals surface area (Å²) in [6.45, 7) is 3.63. The van der Waals surface area contributed by atoms with Crippen LogP contribution in [0.5, 0.6) is 0 Å². The fraction of sp³-hybridized carbons (Fsp3) is 0.438. The Labute approximate surface area is 136 Å². The second kappa shape index (κ2) is 7.24. The van der Waals surface area contributed by atoms with Gasteiger partial charge in [-0.05, 0) is 45.3 Å². The van der Waals surface area contributed by atoms with Gasteiger partial charge in [0.25, 0.3) is 0 Å². The number of nitrogens with zero attached hydrogens (tertiary/aromatic N) is 3. The van der Waals surface area contributed by atoms with Crippen molar-refractivity contribution in [2.45, 2.75) is 19.1 Å². The molecule has 0 saturated heterocycles. The highest BCUT2D eigenvalue weighted by Crippen LogP contribution is 2.13. The zero-order valence-corrected chi connectivity index (χ0v) is 14.0. The maximum absolute atomic E-state index is 10.2. The Kier molecular flexibility index (Phi) is 5.58. The number of hydrogen-bond donors (Lipinski definition) is 2. The van der Waals surface area contributed by atoms with Crippen LogP contribution in [0.25, 0.3) is 5.69 Å². The van der Waals surface area contributed by atoms with Crippen molar-refractivity contribution in [3.05, 3.63) is 47.2 Å². The molecular formula is C16H23ClN4O. The number of aliphatic hydroxyl groups is 1. The van der Waals surface area contributed by atoms with E-state index in [-0.39, 0.29) is 0 Å². The fourth-order valence-corrected chi connectivity index (χ4v) is 2.53. The molecule has 120 valence electrons. The first kappa shape index (κ1) is 17.0. The van der Waals surface area contributed by atoms with Crippen LogP contribution in [0.4, 0.5) is 0 Å². The summed E-state index contributed by atoms with van der Waals surface area (Å²) in [6, 6.07) is 7.53. The maximum Gasteiger partial charge on any atom is 0.0869 e. The molecule has 1 aromatic carbocycles. The van der Waals surface area contributed by atoms with Gasteiger partial charge in [0.05, 0.1) is 17.5 Å². The predicted octanol–water partition coefficient (Wildman–Crippen LogP) is 1.93. The Morgan fingerprint density at radius 2 is 2.00 bits per heavy atom. The number of hydrogen-bond acceptors (Lipinski definition) is 4. The number of benzene rings is 1. The van der Waals surface area contributed by atoms with Crippen LogP contribution in [0.1, 0.15) is 12.5 Å². The lowest BCUT2D eigenvalue weighted by molar-refractivity contribution is 0.0336. The van der Waals surface area contributed by atoms with Crippen LogP contribution in [0.3, 0.4) is 0 Å². The monoisotopic (exact) mass is 322 g/mol. The van der Waals surface area contributed by atoms with Gasteiger partial charge in [-0.1, -0.05) is 11.6 Å². The molecule has 0 radical (unpaired) electrons. The SMILES string of the molecule is CN(C)CC(C)(O)CNCc1cnn(-c2ccc(Cl)cc2)c1. The van der Waals surface area contributed by atoms with Crippen LogP contribution in [-0.2, 0) is 6.54 Å². The van der Waals surface area contributed by atoms with Gasteiger partial charge in [0, 0.05) is 36.4 Å². The number of likely N-dealkylation sites (N-methyl/N-ethyl adjacent to an activating group) is 1. The van der Waals surface area contributed by atoms with Gasteiger partial charge >= 0.3 is 0 Å².